The van der Waals surface area contributed by atoms with Crippen LogP contribution in [0.4, 0.5) is 0 Å². The summed E-state index contributed by atoms with van der Waals surface area (Å²) in [5.41, 5.74) is 4.36. The molecule has 0 atom stereocenters. The molecule has 1 aliphatic rings. The van der Waals surface area contributed by atoms with Gasteiger partial charge in [-0.3, -0.25) is 0 Å². The van der Waals surface area contributed by atoms with Gasteiger partial charge in [0.2, 0.25) is 0 Å². The molecule has 86 valence electrons. The van der Waals surface area contributed by atoms with Crippen molar-refractivity contribution < 1.29 is 4.43 Å². The zero-order chi connectivity index (χ0) is 11.6. The van der Waals surface area contributed by atoms with Gasteiger partial charge in [-0.1, -0.05) is 30.3 Å². The molecule has 0 aromatic heterocycles. The van der Waals surface area contributed by atoms with Crippen molar-refractivity contribution in [3.63, 3.8) is 0 Å². The van der Waals surface area contributed by atoms with Gasteiger partial charge in [-0.25, -0.2) is 0 Å². The van der Waals surface area contributed by atoms with Crippen LogP contribution in [-0.4, -0.2) is 14.9 Å². The quantitative estimate of drug-likeness (QED) is 0.716. The van der Waals surface area contributed by atoms with Gasteiger partial charge < -0.3 is 4.43 Å². The van der Waals surface area contributed by atoms with E-state index in [1.807, 2.05) is 0 Å². The van der Waals surface area contributed by atoms with Gasteiger partial charge in [-0.2, -0.15) is 0 Å². The third-order valence-electron chi connectivity index (χ3n) is 2.84. The van der Waals surface area contributed by atoms with Gasteiger partial charge in [-0.05, 0) is 49.2 Å². The molecule has 2 heteroatoms. The van der Waals surface area contributed by atoms with Crippen LogP contribution in [-0.2, 0) is 10.8 Å². The Bertz CT molecular complexity index is 401. The number of hydrogen-bond donors (Lipinski definition) is 0. The molecule has 0 aliphatic heterocycles. The maximum Gasteiger partial charge on any atom is 0.183 e. The highest BCUT2D eigenvalue weighted by Gasteiger charge is 2.16. The van der Waals surface area contributed by atoms with Gasteiger partial charge in [0.25, 0.3) is 0 Å². The Hall–Kier alpha value is -0.863. The van der Waals surface area contributed by atoms with Crippen LogP contribution in [0.5, 0.6) is 0 Å². The Morgan fingerprint density at radius 2 is 1.94 bits per heavy atom. The lowest BCUT2D eigenvalue weighted by atomic mass is 10.0. The van der Waals surface area contributed by atoms with Gasteiger partial charge in [0.05, 0.1) is 0 Å². The molecule has 1 nitrogen and oxygen atoms in total. The van der Waals surface area contributed by atoms with E-state index in [1.54, 1.807) is 0 Å². The first kappa shape index (κ1) is 11.6. The van der Waals surface area contributed by atoms with E-state index in [2.05, 4.69) is 50.0 Å². The molecule has 1 aromatic carbocycles. The van der Waals surface area contributed by atoms with Crippen molar-refractivity contribution in [3.8, 4) is 0 Å². The highest BCUT2D eigenvalue weighted by Crippen LogP contribution is 2.29. The van der Waals surface area contributed by atoms with E-state index in [1.165, 1.54) is 16.7 Å². The van der Waals surface area contributed by atoms with Crippen molar-refractivity contribution in [2.45, 2.75) is 32.5 Å². The second-order valence-electron chi connectivity index (χ2n) is 5.30. The number of hydrogen-bond acceptors (Lipinski definition) is 1. The molecule has 0 fully saturated rings. The van der Waals surface area contributed by atoms with E-state index in [9.17, 15) is 0 Å². The molecule has 0 radical (unpaired) electrons. The molecule has 0 N–H and O–H groups in total. The smallest absolute Gasteiger partial charge is 0.183 e. The number of fused-ring (bicyclic) bond motifs is 1. The summed E-state index contributed by atoms with van der Waals surface area (Å²) in [5.74, 6) is 0. The van der Waals surface area contributed by atoms with Crippen LogP contribution < -0.4 is 0 Å². The first-order chi connectivity index (χ1) is 7.56. The number of allylic oxidation sites excluding steroid dienone is 1. The summed E-state index contributed by atoms with van der Waals surface area (Å²) in [7, 11) is -1.35. The van der Waals surface area contributed by atoms with Gasteiger partial charge >= 0.3 is 0 Å². The molecular weight excluding hydrogens is 212 g/mol. The molecule has 0 saturated carbocycles. The average Bonchev–Trinajstić information content (AvgIpc) is 2.60. The van der Waals surface area contributed by atoms with E-state index in [-0.39, 0.29) is 0 Å². The lowest BCUT2D eigenvalue weighted by Gasteiger charge is -2.17. The fraction of sp³-hybridized carbons (Fsp3) is 0.429. The molecular formula is C14H20OSi. The van der Waals surface area contributed by atoms with Crippen LogP contribution in [0.1, 0.15) is 17.5 Å². The fourth-order valence-corrected chi connectivity index (χ4v) is 2.77. The molecule has 0 saturated heterocycles. The largest absolute Gasteiger partial charge is 0.417 e. The average molecular weight is 232 g/mol. The number of benzene rings is 1. The highest BCUT2D eigenvalue weighted by atomic mass is 28.4. The van der Waals surface area contributed by atoms with Crippen LogP contribution >= 0.6 is 0 Å². The molecule has 1 aromatic rings. The Morgan fingerprint density at radius 1 is 1.19 bits per heavy atom. The maximum atomic E-state index is 5.90. The van der Waals surface area contributed by atoms with Gasteiger partial charge in [0, 0.05) is 6.61 Å². The zero-order valence-corrected chi connectivity index (χ0v) is 11.4. The molecule has 1 aliphatic carbocycles. The molecule has 0 heterocycles. The molecule has 2 rings (SSSR count). The summed E-state index contributed by atoms with van der Waals surface area (Å²) in [5, 5.41) is 0. The fourth-order valence-electron chi connectivity index (χ4n) is 2.06. The number of rotatable bonds is 4. The molecule has 0 unspecified atom stereocenters. The van der Waals surface area contributed by atoms with E-state index < -0.39 is 8.32 Å². The predicted octanol–water partition coefficient (Wildman–Crippen LogP) is 3.87. The summed E-state index contributed by atoms with van der Waals surface area (Å²) in [4.78, 5) is 0. The zero-order valence-electron chi connectivity index (χ0n) is 10.4. The van der Waals surface area contributed by atoms with Gasteiger partial charge in [-0.15, -0.1) is 0 Å². The second kappa shape index (κ2) is 4.56. The first-order valence-corrected chi connectivity index (χ1v) is 9.38. The predicted molar refractivity (Wildman–Crippen MR) is 72.0 cm³/mol. The highest BCUT2D eigenvalue weighted by molar-refractivity contribution is 6.69. The lowest BCUT2D eigenvalue weighted by molar-refractivity contribution is 0.321. The first-order valence-electron chi connectivity index (χ1n) is 5.97. The monoisotopic (exact) mass is 232 g/mol. The van der Waals surface area contributed by atoms with Crippen LogP contribution in [0.2, 0.25) is 19.6 Å². The van der Waals surface area contributed by atoms with Crippen molar-refractivity contribution in [1.29, 1.82) is 0 Å². The second-order valence-corrected chi connectivity index (χ2v) is 9.81. The normalized spacial score (nSPS) is 14.8. The van der Waals surface area contributed by atoms with Crippen molar-refractivity contribution in [2.75, 3.05) is 6.61 Å². The van der Waals surface area contributed by atoms with Crippen LogP contribution in [0.25, 0.3) is 5.57 Å². The Morgan fingerprint density at radius 3 is 2.69 bits per heavy atom. The van der Waals surface area contributed by atoms with Gasteiger partial charge in [0.1, 0.15) is 0 Å². The minimum atomic E-state index is -1.35. The van der Waals surface area contributed by atoms with Gasteiger partial charge in [0.15, 0.2) is 8.32 Å². The van der Waals surface area contributed by atoms with E-state index in [0.717, 1.165) is 19.4 Å². The van der Waals surface area contributed by atoms with Crippen LogP contribution in [0.3, 0.4) is 0 Å². The maximum absolute atomic E-state index is 5.90. The van der Waals surface area contributed by atoms with Crippen molar-refractivity contribution in [2.24, 2.45) is 0 Å². The Kier molecular flexibility index (Phi) is 3.31. The minimum absolute atomic E-state index is 0.871. The lowest BCUT2D eigenvalue weighted by Crippen LogP contribution is -2.25. The molecule has 16 heavy (non-hydrogen) atoms. The van der Waals surface area contributed by atoms with E-state index in [0.29, 0.717) is 0 Å². The SMILES string of the molecule is C[Si](C)(C)OCCC1=CCc2ccccc21. The van der Waals surface area contributed by atoms with Crippen LogP contribution in [0, 0.1) is 0 Å². The molecule has 0 bridgehead atoms. The third-order valence-corrected chi connectivity index (χ3v) is 3.91. The summed E-state index contributed by atoms with van der Waals surface area (Å²) in [6.07, 6.45) is 4.50. The minimum Gasteiger partial charge on any atom is -0.417 e. The van der Waals surface area contributed by atoms with Crippen molar-refractivity contribution >= 4 is 13.9 Å². The molecule has 0 spiro atoms. The van der Waals surface area contributed by atoms with E-state index >= 15 is 0 Å². The summed E-state index contributed by atoms with van der Waals surface area (Å²) in [6, 6.07) is 8.69. The Labute approximate surface area is 99.3 Å². The van der Waals surface area contributed by atoms with Crippen molar-refractivity contribution in [3.05, 3.63) is 41.5 Å². The summed E-state index contributed by atoms with van der Waals surface area (Å²) in [6.45, 7) is 7.59. The third kappa shape index (κ3) is 2.83. The van der Waals surface area contributed by atoms with Crippen LogP contribution in [0.15, 0.2) is 30.3 Å². The molecule has 0 amide bonds. The topological polar surface area (TPSA) is 9.23 Å². The standard InChI is InChI=1S/C14H20OSi/c1-16(2,3)15-11-10-13-9-8-12-6-4-5-7-14(12)13/h4-7,9H,8,10-11H2,1-3H3. The summed E-state index contributed by atoms with van der Waals surface area (Å²) < 4.78 is 5.90. The van der Waals surface area contributed by atoms with Crippen molar-refractivity contribution in [1.82, 2.24) is 0 Å². The Balaban J connectivity index is 1.94. The summed E-state index contributed by atoms with van der Waals surface area (Å²) >= 11 is 0. The van der Waals surface area contributed by atoms with E-state index in [4.69, 9.17) is 4.43 Å².